The van der Waals surface area contributed by atoms with Crippen molar-refractivity contribution < 1.29 is 18.0 Å². The summed E-state index contributed by atoms with van der Waals surface area (Å²) in [6.07, 6.45) is -4.40. The van der Waals surface area contributed by atoms with Crippen molar-refractivity contribution in [2.75, 3.05) is 9.80 Å². The molecule has 6 aromatic rings. The summed E-state index contributed by atoms with van der Waals surface area (Å²) in [4.78, 5) is 17.6. The lowest BCUT2D eigenvalue weighted by Gasteiger charge is -2.26. The molecule has 0 radical (unpaired) electrons. The summed E-state index contributed by atoms with van der Waals surface area (Å²) in [7, 11) is 0. The molecule has 3 nitrogen and oxygen atoms in total. The van der Waals surface area contributed by atoms with Crippen molar-refractivity contribution in [3.05, 3.63) is 151 Å². The molecule has 0 N–H and O–H groups in total. The van der Waals surface area contributed by atoms with E-state index in [1.807, 2.05) is 84.9 Å². The van der Waals surface area contributed by atoms with E-state index in [1.54, 1.807) is 11.0 Å². The van der Waals surface area contributed by atoms with E-state index >= 15 is 0 Å². The third kappa shape index (κ3) is 4.29. The van der Waals surface area contributed by atoms with E-state index in [9.17, 15) is 18.0 Å². The summed E-state index contributed by atoms with van der Waals surface area (Å²) in [6, 6.07) is 42.4. The van der Waals surface area contributed by atoms with Crippen LogP contribution in [0, 0.1) is 0 Å². The van der Waals surface area contributed by atoms with Crippen LogP contribution in [0.4, 0.5) is 41.6 Å². The van der Waals surface area contributed by atoms with Crippen LogP contribution in [0.1, 0.15) is 15.9 Å². The van der Waals surface area contributed by atoms with Crippen LogP contribution in [0.25, 0.3) is 21.9 Å². The molecule has 0 saturated carbocycles. The summed E-state index contributed by atoms with van der Waals surface area (Å²) in [5.41, 5.74) is 5.75. The highest BCUT2D eigenvalue weighted by Gasteiger charge is 2.33. The molecule has 204 valence electrons. The van der Waals surface area contributed by atoms with Crippen molar-refractivity contribution in [2.45, 2.75) is 6.18 Å². The SMILES string of the molecule is O=C1c2cccc3c(-c4ccc(C(F)(F)F)cc4)ccc(c23)N1c1ccc(N(c2ccccc2)c2ccccc2)cc1. The number of carbonyl (C=O) groups is 1. The van der Waals surface area contributed by atoms with Crippen LogP contribution in [0.15, 0.2) is 140 Å². The molecule has 1 heterocycles. The van der Waals surface area contributed by atoms with E-state index in [0.29, 0.717) is 11.1 Å². The summed E-state index contributed by atoms with van der Waals surface area (Å²) < 4.78 is 39.4. The highest BCUT2D eigenvalue weighted by atomic mass is 19.4. The third-order valence-corrected chi connectivity index (χ3v) is 7.61. The quantitative estimate of drug-likeness (QED) is 0.211. The number of alkyl halides is 3. The number of nitrogens with zero attached hydrogens (tertiary/aromatic N) is 2. The van der Waals surface area contributed by atoms with Gasteiger partial charge < -0.3 is 4.90 Å². The highest BCUT2D eigenvalue weighted by molar-refractivity contribution is 6.29. The van der Waals surface area contributed by atoms with Gasteiger partial charge in [0.1, 0.15) is 0 Å². The monoisotopic (exact) mass is 556 g/mol. The molecule has 1 aliphatic heterocycles. The summed E-state index contributed by atoms with van der Waals surface area (Å²) in [6.45, 7) is 0. The minimum atomic E-state index is -4.40. The maximum absolute atomic E-state index is 13.7. The van der Waals surface area contributed by atoms with Crippen LogP contribution in [-0.2, 0) is 6.18 Å². The van der Waals surface area contributed by atoms with Crippen LogP contribution in [0.5, 0.6) is 0 Å². The normalized spacial score (nSPS) is 12.6. The van der Waals surface area contributed by atoms with Gasteiger partial charge in [-0.25, -0.2) is 0 Å². The molecule has 0 fully saturated rings. The second-order valence-corrected chi connectivity index (χ2v) is 10.1. The van der Waals surface area contributed by atoms with Gasteiger partial charge in [-0.1, -0.05) is 66.7 Å². The third-order valence-electron chi connectivity index (χ3n) is 7.61. The van der Waals surface area contributed by atoms with Crippen molar-refractivity contribution in [3.8, 4) is 11.1 Å². The Morgan fingerprint density at radius 2 is 1.14 bits per heavy atom. The van der Waals surface area contributed by atoms with Crippen LogP contribution >= 0.6 is 0 Å². The summed E-state index contributed by atoms with van der Waals surface area (Å²) in [5.74, 6) is -0.143. The van der Waals surface area contributed by atoms with E-state index in [4.69, 9.17) is 0 Å². The van der Waals surface area contributed by atoms with Crippen LogP contribution < -0.4 is 9.80 Å². The molecule has 42 heavy (non-hydrogen) atoms. The Kier molecular flexibility index (Phi) is 6.05. The van der Waals surface area contributed by atoms with Gasteiger partial charge in [0, 0.05) is 28.1 Å². The lowest BCUT2D eigenvalue weighted by atomic mass is 9.95. The summed E-state index contributed by atoms with van der Waals surface area (Å²) in [5, 5.41) is 1.61. The molecule has 1 amide bonds. The fraction of sp³-hybridized carbons (Fsp3) is 0.0278. The van der Waals surface area contributed by atoms with Crippen molar-refractivity contribution >= 4 is 45.1 Å². The van der Waals surface area contributed by atoms with E-state index in [1.165, 1.54) is 12.1 Å². The zero-order chi connectivity index (χ0) is 28.8. The Bertz CT molecular complexity index is 1880. The van der Waals surface area contributed by atoms with Gasteiger partial charge >= 0.3 is 6.18 Å². The summed E-state index contributed by atoms with van der Waals surface area (Å²) >= 11 is 0. The molecule has 0 unspecified atom stereocenters. The molecule has 0 atom stereocenters. The van der Waals surface area contributed by atoms with Gasteiger partial charge in [-0.15, -0.1) is 0 Å². The first-order valence-corrected chi connectivity index (χ1v) is 13.5. The fourth-order valence-corrected chi connectivity index (χ4v) is 5.68. The molecule has 0 spiro atoms. The van der Waals surface area contributed by atoms with Crippen molar-refractivity contribution in [1.29, 1.82) is 0 Å². The molecule has 0 saturated heterocycles. The van der Waals surface area contributed by atoms with E-state index in [2.05, 4.69) is 29.2 Å². The van der Waals surface area contributed by atoms with Crippen LogP contribution in [-0.4, -0.2) is 5.91 Å². The molecule has 7 rings (SSSR count). The molecule has 0 bridgehead atoms. The Hall–Kier alpha value is -5.36. The molecule has 6 aromatic carbocycles. The minimum Gasteiger partial charge on any atom is -0.311 e. The number of hydrogen-bond acceptors (Lipinski definition) is 2. The van der Waals surface area contributed by atoms with Crippen LogP contribution in [0.2, 0.25) is 0 Å². The van der Waals surface area contributed by atoms with Crippen LogP contribution in [0.3, 0.4) is 0 Å². The average Bonchev–Trinajstić information content (AvgIpc) is 3.31. The molecular weight excluding hydrogens is 533 g/mol. The predicted octanol–water partition coefficient (Wildman–Crippen LogP) is 10.3. The lowest BCUT2D eigenvalue weighted by molar-refractivity contribution is -0.137. The lowest BCUT2D eigenvalue weighted by Crippen LogP contribution is -2.20. The first kappa shape index (κ1) is 25.6. The predicted molar refractivity (Wildman–Crippen MR) is 162 cm³/mol. The molecule has 0 aromatic heterocycles. The fourth-order valence-electron chi connectivity index (χ4n) is 5.68. The smallest absolute Gasteiger partial charge is 0.311 e. The van der Waals surface area contributed by atoms with Gasteiger partial charge in [0.2, 0.25) is 0 Å². The molecule has 0 aliphatic carbocycles. The number of carbonyl (C=O) groups excluding carboxylic acids is 1. The number of halogens is 3. The Morgan fingerprint density at radius 1 is 0.548 bits per heavy atom. The maximum atomic E-state index is 13.7. The number of para-hydroxylation sites is 2. The average molecular weight is 557 g/mol. The number of hydrogen-bond donors (Lipinski definition) is 0. The standard InChI is InChI=1S/C36H23F3N2O/c37-36(38,39)25-16-14-24(15-17-25)30-22-23-33-34-31(30)12-7-13-32(34)35(42)41(33)29-20-18-28(19-21-29)40(26-8-3-1-4-9-26)27-10-5-2-6-11-27/h1-23H. The van der Waals surface area contributed by atoms with Crippen molar-refractivity contribution in [1.82, 2.24) is 0 Å². The van der Waals surface area contributed by atoms with Gasteiger partial charge in [-0.2, -0.15) is 13.2 Å². The molecule has 6 heteroatoms. The molecular formula is C36H23F3N2O. The number of rotatable bonds is 5. The van der Waals surface area contributed by atoms with Gasteiger partial charge in [0.15, 0.2) is 0 Å². The van der Waals surface area contributed by atoms with E-state index in [-0.39, 0.29) is 5.91 Å². The second-order valence-electron chi connectivity index (χ2n) is 10.1. The number of amides is 1. The zero-order valence-corrected chi connectivity index (χ0v) is 22.2. The largest absolute Gasteiger partial charge is 0.416 e. The van der Waals surface area contributed by atoms with Crippen molar-refractivity contribution in [3.63, 3.8) is 0 Å². The Morgan fingerprint density at radius 3 is 1.74 bits per heavy atom. The zero-order valence-electron chi connectivity index (χ0n) is 22.2. The topological polar surface area (TPSA) is 23.6 Å². The maximum Gasteiger partial charge on any atom is 0.416 e. The first-order valence-electron chi connectivity index (χ1n) is 13.5. The highest BCUT2D eigenvalue weighted by Crippen LogP contribution is 2.46. The number of benzene rings is 6. The second kappa shape index (κ2) is 9.93. The van der Waals surface area contributed by atoms with E-state index < -0.39 is 11.7 Å². The van der Waals surface area contributed by atoms with Gasteiger partial charge in [-0.3, -0.25) is 9.69 Å². The van der Waals surface area contributed by atoms with E-state index in [0.717, 1.165) is 56.9 Å². The number of anilines is 5. The first-order chi connectivity index (χ1) is 20.4. The molecule has 1 aliphatic rings. The van der Waals surface area contributed by atoms with Crippen molar-refractivity contribution in [2.24, 2.45) is 0 Å². The van der Waals surface area contributed by atoms with Gasteiger partial charge in [-0.05, 0) is 89.3 Å². The Balaban J connectivity index is 1.28. The van der Waals surface area contributed by atoms with Gasteiger partial charge in [0.25, 0.3) is 5.91 Å². The van der Waals surface area contributed by atoms with Gasteiger partial charge in [0.05, 0.1) is 16.8 Å². The Labute approximate surface area is 240 Å². The minimum absolute atomic E-state index is 0.143.